The second-order valence-electron chi connectivity index (χ2n) is 3.68. The molecule has 1 heterocycles. The Morgan fingerprint density at radius 2 is 1.12 bits per heavy atom. The van der Waals surface area contributed by atoms with E-state index in [0.29, 0.717) is 11.4 Å². The number of benzene rings is 2. The van der Waals surface area contributed by atoms with Crippen LogP contribution in [-0.2, 0) is 0 Å². The van der Waals surface area contributed by atoms with Gasteiger partial charge in [-0.2, -0.15) is 0 Å². The van der Waals surface area contributed by atoms with Gasteiger partial charge in [-0.25, -0.2) is 9.97 Å². The van der Waals surface area contributed by atoms with Crippen molar-refractivity contribution < 1.29 is 0 Å². The molecule has 0 radical (unpaired) electrons. The molecule has 0 unspecified atom stereocenters. The molecule has 0 aliphatic rings. The molecule has 3 rings (SSSR count). The summed E-state index contributed by atoms with van der Waals surface area (Å²) in [5.74, 6) is 0. The number of hydrogen-bond donors (Lipinski definition) is 2. The SMILES string of the molecule is Cl.Nc1cc2nc3ccccc3nc2cc1N. The summed E-state index contributed by atoms with van der Waals surface area (Å²) in [6, 6.07) is 11.2. The predicted octanol–water partition coefficient (Wildman–Crippen LogP) is 2.37. The van der Waals surface area contributed by atoms with Crippen molar-refractivity contribution in [2.24, 2.45) is 0 Å². The molecular formula is C12H11ClN4. The molecule has 1 aromatic heterocycles. The standard InChI is InChI=1S/C12H10N4.ClH/c13-7-5-11-12(6-8(7)14)16-10-4-2-1-3-9(10)15-11;/h1-6H,13-14H2;1H. The molecule has 0 amide bonds. The van der Waals surface area contributed by atoms with Crippen molar-refractivity contribution in [1.29, 1.82) is 0 Å². The maximum Gasteiger partial charge on any atom is 0.0916 e. The van der Waals surface area contributed by atoms with Gasteiger partial charge in [0.1, 0.15) is 0 Å². The van der Waals surface area contributed by atoms with Crippen molar-refractivity contribution in [2.45, 2.75) is 0 Å². The van der Waals surface area contributed by atoms with Crippen molar-refractivity contribution in [1.82, 2.24) is 9.97 Å². The van der Waals surface area contributed by atoms with E-state index in [-0.39, 0.29) is 12.4 Å². The first-order chi connectivity index (χ1) is 7.74. The van der Waals surface area contributed by atoms with E-state index >= 15 is 0 Å². The number of halogens is 1. The maximum absolute atomic E-state index is 5.74. The second-order valence-corrected chi connectivity index (χ2v) is 3.68. The Bertz CT molecular complexity index is 636. The van der Waals surface area contributed by atoms with Gasteiger partial charge in [0.25, 0.3) is 0 Å². The van der Waals surface area contributed by atoms with Gasteiger partial charge in [-0.15, -0.1) is 12.4 Å². The summed E-state index contributed by atoms with van der Waals surface area (Å²) in [5.41, 5.74) is 15.8. The summed E-state index contributed by atoms with van der Waals surface area (Å²) in [6.45, 7) is 0. The van der Waals surface area contributed by atoms with Gasteiger partial charge in [-0.05, 0) is 24.3 Å². The van der Waals surface area contributed by atoms with E-state index in [2.05, 4.69) is 9.97 Å². The van der Waals surface area contributed by atoms with E-state index in [1.54, 1.807) is 12.1 Å². The summed E-state index contributed by atoms with van der Waals surface area (Å²) >= 11 is 0. The summed E-state index contributed by atoms with van der Waals surface area (Å²) < 4.78 is 0. The lowest BCUT2D eigenvalue weighted by atomic mass is 10.2. The number of nitrogens with two attached hydrogens (primary N) is 2. The van der Waals surface area contributed by atoms with Crippen LogP contribution in [0.3, 0.4) is 0 Å². The highest BCUT2D eigenvalue weighted by Gasteiger charge is 2.03. The van der Waals surface area contributed by atoms with E-state index in [1.165, 1.54) is 0 Å². The van der Waals surface area contributed by atoms with Gasteiger partial charge in [0.15, 0.2) is 0 Å². The summed E-state index contributed by atoms with van der Waals surface area (Å²) in [7, 11) is 0. The minimum atomic E-state index is 0. The zero-order chi connectivity index (χ0) is 11.1. The molecular weight excluding hydrogens is 236 g/mol. The van der Waals surface area contributed by atoms with Crippen LogP contribution in [0.25, 0.3) is 22.1 Å². The number of nitrogens with zero attached hydrogens (tertiary/aromatic N) is 2. The number of aromatic nitrogens is 2. The maximum atomic E-state index is 5.74. The van der Waals surface area contributed by atoms with Crippen molar-refractivity contribution in [3.63, 3.8) is 0 Å². The molecule has 0 aliphatic carbocycles. The predicted molar refractivity (Wildman–Crippen MR) is 73.1 cm³/mol. The van der Waals surface area contributed by atoms with E-state index in [1.807, 2.05) is 24.3 Å². The Morgan fingerprint density at radius 3 is 1.53 bits per heavy atom. The Hall–Kier alpha value is -2.07. The Kier molecular flexibility index (Phi) is 2.73. The summed E-state index contributed by atoms with van der Waals surface area (Å²) in [5, 5.41) is 0. The number of anilines is 2. The fourth-order valence-electron chi connectivity index (χ4n) is 1.70. The third-order valence-corrected chi connectivity index (χ3v) is 2.54. The average Bonchev–Trinajstić information content (AvgIpc) is 2.28. The van der Waals surface area contributed by atoms with Crippen LogP contribution < -0.4 is 11.5 Å². The molecule has 3 aromatic rings. The Morgan fingerprint density at radius 1 is 0.706 bits per heavy atom. The van der Waals surface area contributed by atoms with Gasteiger partial charge in [0, 0.05) is 0 Å². The van der Waals surface area contributed by atoms with E-state index in [9.17, 15) is 0 Å². The number of nitrogen functional groups attached to an aromatic ring is 2. The molecule has 4 nitrogen and oxygen atoms in total. The van der Waals surface area contributed by atoms with Crippen LogP contribution in [0.4, 0.5) is 11.4 Å². The van der Waals surface area contributed by atoms with Gasteiger partial charge in [-0.3, -0.25) is 0 Å². The topological polar surface area (TPSA) is 77.8 Å². The molecule has 17 heavy (non-hydrogen) atoms. The van der Waals surface area contributed by atoms with Crippen LogP contribution in [0.2, 0.25) is 0 Å². The van der Waals surface area contributed by atoms with Gasteiger partial charge in [0.05, 0.1) is 33.4 Å². The zero-order valence-corrected chi connectivity index (χ0v) is 9.74. The first-order valence-corrected chi connectivity index (χ1v) is 4.95. The first kappa shape index (κ1) is 11.4. The van der Waals surface area contributed by atoms with Crippen molar-refractivity contribution in [3.05, 3.63) is 36.4 Å². The van der Waals surface area contributed by atoms with Crippen molar-refractivity contribution in [3.8, 4) is 0 Å². The first-order valence-electron chi connectivity index (χ1n) is 4.95. The highest BCUT2D eigenvalue weighted by Crippen LogP contribution is 2.22. The van der Waals surface area contributed by atoms with Crippen LogP contribution in [0, 0.1) is 0 Å². The molecule has 0 atom stereocenters. The Labute approximate surface area is 104 Å². The summed E-state index contributed by atoms with van der Waals surface area (Å²) in [6.07, 6.45) is 0. The average molecular weight is 247 g/mol. The van der Waals surface area contributed by atoms with Crippen molar-refractivity contribution in [2.75, 3.05) is 11.5 Å². The number of hydrogen-bond acceptors (Lipinski definition) is 4. The van der Waals surface area contributed by atoms with E-state index < -0.39 is 0 Å². The zero-order valence-electron chi connectivity index (χ0n) is 8.92. The highest BCUT2D eigenvalue weighted by atomic mass is 35.5. The lowest BCUT2D eigenvalue weighted by Gasteiger charge is -2.04. The van der Waals surface area contributed by atoms with Crippen LogP contribution in [0.5, 0.6) is 0 Å². The van der Waals surface area contributed by atoms with E-state index in [4.69, 9.17) is 11.5 Å². The summed E-state index contributed by atoms with van der Waals surface area (Å²) in [4.78, 5) is 8.96. The monoisotopic (exact) mass is 246 g/mol. The molecule has 4 N–H and O–H groups in total. The third kappa shape index (κ3) is 1.83. The largest absolute Gasteiger partial charge is 0.397 e. The quantitative estimate of drug-likeness (QED) is 0.472. The fourth-order valence-corrected chi connectivity index (χ4v) is 1.70. The molecule has 2 aromatic carbocycles. The highest BCUT2D eigenvalue weighted by molar-refractivity contribution is 5.91. The van der Waals surface area contributed by atoms with Crippen LogP contribution >= 0.6 is 12.4 Å². The smallest absolute Gasteiger partial charge is 0.0916 e. The number of para-hydroxylation sites is 2. The minimum absolute atomic E-state index is 0. The molecule has 0 fully saturated rings. The van der Waals surface area contributed by atoms with E-state index in [0.717, 1.165) is 22.1 Å². The molecule has 86 valence electrons. The van der Waals surface area contributed by atoms with Gasteiger partial charge in [-0.1, -0.05) is 12.1 Å². The van der Waals surface area contributed by atoms with Crippen LogP contribution in [0.1, 0.15) is 0 Å². The van der Waals surface area contributed by atoms with Crippen molar-refractivity contribution >= 4 is 45.8 Å². The molecule has 0 saturated carbocycles. The normalized spacial score (nSPS) is 10.4. The molecule has 5 heteroatoms. The lowest BCUT2D eigenvalue weighted by molar-refractivity contribution is 1.40. The minimum Gasteiger partial charge on any atom is -0.397 e. The molecule has 0 bridgehead atoms. The fraction of sp³-hybridized carbons (Fsp3) is 0. The molecule has 0 aliphatic heterocycles. The number of rotatable bonds is 0. The molecule has 0 saturated heterocycles. The lowest BCUT2D eigenvalue weighted by Crippen LogP contribution is -1.96. The van der Waals surface area contributed by atoms with Gasteiger partial charge < -0.3 is 11.5 Å². The van der Waals surface area contributed by atoms with Gasteiger partial charge >= 0.3 is 0 Å². The second kappa shape index (κ2) is 4.07. The molecule has 0 spiro atoms. The third-order valence-electron chi connectivity index (χ3n) is 2.54. The van der Waals surface area contributed by atoms with Crippen LogP contribution in [-0.4, -0.2) is 9.97 Å². The van der Waals surface area contributed by atoms with Crippen LogP contribution in [0.15, 0.2) is 36.4 Å². The Balaban J connectivity index is 0.00000108. The van der Waals surface area contributed by atoms with Gasteiger partial charge in [0.2, 0.25) is 0 Å². The number of fused-ring (bicyclic) bond motifs is 2.